The van der Waals surface area contributed by atoms with Crippen molar-refractivity contribution < 1.29 is 33.0 Å². The minimum Gasteiger partial charge on any atom is -0.461 e. The Hall–Kier alpha value is -4.84. The van der Waals surface area contributed by atoms with Gasteiger partial charge in [-0.05, 0) is 40.6 Å². The van der Waals surface area contributed by atoms with Crippen molar-refractivity contribution in [2.75, 3.05) is 18.5 Å². The molecule has 0 spiro atoms. The molecule has 1 saturated heterocycles. The maximum atomic E-state index is 15.3. The standard InChI is InChI=1S/C37H35ClN5O7P/c38-37-41-34(39)33-35(42-37)43(23-40-33)32-19-30(31(20-44)48-32)50-51(46,49-29-17-9-15-26-14-7-8-16-28(26)29)22-27(18-24-10-3-1-4-11-24)36(45)47-21-25-12-5-2-6-13-25/h1-17,23,27,30-32,44H,18-22H2,(H2,39,41,42)/t27-,30?,31-,32-,51?/m1/s1. The fraction of sp³-hybridized carbons (Fsp3) is 0.243. The van der Waals surface area contributed by atoms with Crippen molar-refractivity contribution in [2.45, 2.75) is 37.9 Å². The molecule has 51 heavy (non-hydrogen) atoms. The molecule has 1 aliphatic rings. The predicted molar refractivity (Wildman–Crippen MR) is 192 cm³/mol. The lowest BCUT2D eigenvalue weighted by Crippen LogP contribution is -2.30. The van der Waals surface area contributed by atoms with Gasteiger partial charge in [-0.1, -0.05) is 97.1 Å². The number of aromatic nitrogens is 4. The summed E-state index contributed by atoms with van der Waals surface area (Å²) in [5, 5.41) is 11.9. The summed E-state index contributed by atoms with van der Waals surface area (Å²) >= 11 is 6.10. The van der Waals surface area contributed by atoms with Gasteiger partial charge in [-0.2, -0.15) is 9.97 Å². The largest absolute Gasteiger partial charge is 0.461 e. The molecule has 5 atom stereocenters. The third-order valence-corrected chi connectivity index (χ3v) is 10.8. The molecule has 0 aliphatic carbocycles. The Morgan fingerprint density at radius 1 is 0.980 bits per heavy atom. The first-order valence-electron chi connectivity index (χ1n) is 16.4. The molecule has 1 aliphatic heterocycles. The van der Waals surface area contributed by atoms with Crippen molar-refractivity contribution in [3.63, 3.8) is 0 Å². The lowest BCUT2D eigenvalue weighted by Gasteiger charge is -2.27. The van der Waals surface area contributed by atoms with E-state index in [-0.39, 0.29) is 36.7 Å². The number of aliphatic hydroxyl groups is 1. The number of ether oxygens (including phenoxy) is 2. The molecule has 3 N–H and O–H groups in total. The van der Waals surface area contributed by atoms with E-state index in [0.29, 0.717) is 22.3 Å². The molecule has 1 fully saturated rings. The normalized spacial score (nSPS) is 19.1. The van der Waals surface area contributed by atoms with E-state index in [2.05, 4.69) is 15.0 Å². The van der Waals surface area contributed by atoms with Crippen LogP contribution in [-0.4, -0.2) is 55.6 Å². The highest BCUT2D eigenvalue weighted by molar-refractivity contribution is 7.54. The Bertz CT molecular complexity index is 2180. The highest BCUT2D eigenvalue weighted by Gasteiger charge is 2.45. The van der Waals surface area contributed by atoms with Gasteiger partial charge in [0.1, 0.15) is 36.3 Å². The number of carbonyl (C=O) groups excluding carboxylic acids is 1. The zero-order chi connectivity index (χ0) is 35.4. The van der Waals surface area contributed by atoms with Crippen molar-refractivity contribution >= 4 is 52.9 Å². The van der Waals surface area contributed by atoms with Gasteiger partial charge in [0.2, 0.25) is 5.28 Å². The molecule has 4 aromatic carbocycles. The summed E-state index contributed by atoms with van der Waals surface area (Å²) in [4.78, 5) is 26.4. The molecule has 0 amide bonds. The van der Waals surface area contributed by atoms with Crippen molar-refractivity contribution in [3.05, 3.63) is 126 Å². The Labute approximate surface area is 298 Å². The third kappa shape index (κ3) is 7.90. The van der Waals surface area contributed by atoms with Gasteiger partial charge in [-0.25, -0.2) is 9.55 Å². The van der Waals surface area contributed by atoms with Crippen molar-refractivity contribution in [1.29, 1.82) is 0 Å². The first-order chi connectivity index (χ1) is 24.8. The molecule has 0 bridgehead atoms. The summed E-state index contributed by atoms with van der Waals surface area (Å²) in [6.45, 7) is -0.408. The van der Waals surface area contributed by atoms with Crippen LogP contribution in [0.15, 0.2) is 109 Å². The van der Waals surface area contributed by atoms with Crippen LogP contribution < -0.4 is 10.3 Å². The maximum absolute atomic E-state index is 15.3. The number of rotatable bonds is 13. The van der Waals surface area contributed by atoms with Gasteiger partial charge in [0.25, 0.3) is 0 Å². The second-order valence-corrected chi connectivity index (χ2v) is 14.6. The highest BCUT2D eigenvalue weighted by atomic mass is 35.5. The van der Waals surface area contributed by atoms with Crippen LogP contribution >= 0.6 is 19.2 Å². The lowest BCUT2D eigenvalue weighted by atomic mass is 10.0. The van der Waals surface area contributed by atoms with Crippen molar-refractivity contribution in [1.82, 2.24) is 19.5 Å². The molecule has 14 heteroatoms. The van der Waals surface area contributed by atoms with Gasteiger partial charge in [0.15, 0.2) is 11.5 Å². The monoisotopic (exact) mass is 727 g/mol. The van der Waals surface area contributed by atoms with E-state index < -0.39 is 44.5 Å². The van der Waals surface area contributed by atoms with Gasteiger partial charge in [0.05, 0.1) is 25.0 Å². The highest BCUT2D eigenvalue weighted by Crippen LogP contribution is 2.55. The number of benzene rings is 4. The summed E-state index contributed by atoms with van der Waals surface area (Å²) in [6, 6.07) is 31.7. The quantitative estimate of drug-likeness (QED) is 0.0735. The zero-order valence-electron chi connectivity index (χ0n) is 27.3. The van der Waals surface area contributed by atoms with Crippen LogP contribution in [0.3, 0.4) is 0 Å². The maximum Gasteiger partial charge on any atom is 0.380 e. The summed E-state index contributed by atoms with van der Waals surface area (Å²) < 4.78 is 41.7. The molecule has 0 radical (unpaired) electrons. The molecule has 3 heterocycles. The Morgan fingerprint density at radius 2 is 1.69 bits per heavy atom. The summed E-state index contributed by atoms with van der Waals surface area (Å²) in [7, 11) is -4.24. The molecule has 262 valence electrons. The van der Waals surface area contributed by atoms with E-state index in [4.69, 9.17) is 35.9 Å². The van der Waals surface area contributed by atoms with Crippen LogP contribution in [0.1, 0.15) is 23.8 Å². The Morgan fingerprint density at radius 3 is 2.45 bits per heavy atom. The lowest BCUT2D eigenvalue weighted by molar-refractivity contribution is -0.149. The summed E-state index contributed by atoms with van der Waals surface area (Å²) in [5.74, 6) is -1.04. The number of hydrogen-bond acceptors (Lipinski definition) is 11. The van der Waals surface area contributed by atoms with Gasteiger partial charge in [0, 0.05) is 11.8 Å². The molecule has 12 nitrogen and oxygen atoms in total. The third-order valence-electron chi connectivity index (χ3n) is 8.70. The fourth-order valence-corrected chi connectivity index (χ4v) is 8.52. The number of aliphatic hydroxyl groups excluding tert-OH is 1. The van der Waals surface area contributed by atoms with Gasteiger partial charge in [-0.15, -0.1) is 0 Å². The number of nitrogens with two attached hydrogens (primary N) is 1. The number of nitrogen functional groups attached to an aromatic ring is 1. The van der Waals surface area contributed by atoms with E-state index in [9.17, 15) is 9.90 Å². The number of esters is 1. The number of imidazole rings is 1. The van der Waals surface area contributed by atoms with Crippen LogP contribution in [0, 0.1) is 5.92 Å². The number of nitrogens with zero attached hydrogens (tertiary/aromatic N) is 4. The number of hydrogen-bond donors (Lipinski definition) is 2. The Balaban J connectivity index is 1.22. The van der Waals surface area contributed by atoms with Crippen LogP contribution in [-0.2, 0) is 36.4 Å². The van der Waals surface area contributed by atoms with E-state index in [0.717, 1.165) is 16.5 Å². The first kappa shape index (κ1) is 34.6. The van der Waals surface area contributed by atoms with Crippen LogP contribution in [0.5, 0.6) is 5.75 Å². The van der Waals surface area contributed by atoms with Gasteiger partial charge < -0.3 is 24.8 Å². The van der Waals surface area contributed by atoms with E-state index in [1.165, 1.54) is 6.33 Å². The van der Waals surface area contributed by atoms with Crippen molar-refractivity contribution in [2.24, 2.45) is 5.92 Å². The molecule has 2 aromatic heterocycles. The van der Waals surface area contributed by atoms with Crippen LogP contribution in [0.4, 0.5) is 5.82 Å². The minimum atomic E-state index is -4.24. The fourth-order valence-electron chi connectivity index (χ4n) is 6.24. The SMILES string of the molecule is Nc1nc(Cl)nc2c1ncn2[C@H]1CC(OP(=O)(C[C@@H](Cc2ccccc2)C(=O)OCc2ccccc2)Oc2cccc3ccccc23)[C@@H](CO)O1. The number of halogens is 1. The second-order valence-electron chi connectivity index (χ2n) is 12.2. The molecular weight excluding hydrogens is 693 g/mol. The van der Waals surface area contributed by atoms with Crippen LogP contribution in [0.25, 0.3) is 21.9 Å². The van der Waals surface area contributed by atoms with Gasteiger partial charge in [-0.3, -0.25) is 13.9 Å². The number of anilines is 1. The first-order valence-corrected chi connectivity index (χ1v) is 18.5. The van der Waals surface area contributed by atoms with E-state index in [1.807, 2.05) is 91.0 Å². The average molecular weight is 728 g/mol. The molecule has 7 rings (SSSR count). The number of fused-ring (bicyclic) bond motifs is 2. The average Bonchev–Trinajstić information content (AvgIpc) is 3.75. The molecule has 0 saturated carbocycles. The second kappa shape index (κ2) is 15.2. The number of carbonyl (C=O) groups is 1. The summed E-state index contributed by atoms with van der Waals surface area (Å²) in [6.07, 6.45) is -1.07. The minimum absolute atomic E-state index is 0.0436. The smallest absolute Gasteiger partial charge is 0.380 e. The molecule has 2 unspecified atom stereocenters. The molecule has 6 aromatic rings. The van der Waals surface area contributed by atoms with Gasteiger partial charge >= 0.3 is 13.6 Å². The summed E-state index contributed by atoms with van der Waals surface area (Å²) in [5.41, 5.74) is 8.34. The Kier molecular flexibility index (Phi) is 10.3. The van der Waals surface area contributed by atoms with Crippen LogP contribution in [0.2, 0.25) is 5.28 Å². The van der Waals surface area contributed by atoms with Crippen molar-refractivity contribution in [3.8, 4) is 5.75 Å². The predicted octanol–water partition coefficient (Wildman–Crippen LogP) is 6.75. The van der Waals surface area contributed by atoms with E-state index >= 15 is 4.57 Å². The molecular formula is C37H35ClN5O7P. The van der Waals surface area contributed by atoms with E-state index in [1.54, 1.807) is 16.7 Å². The zero-order valence-corrected chi connectivity index (χ0v) is 29.0. The topological polar surface area (TPSA) is 161 Å².